The van der Waals surface area contributed by atoms with Crippen molar-refractivity contribution in [3.63, 3.8) is 0 Å². The van der Waals surface area contributed by atoms with Crippen LogP contribution < -0.4 is 0 Å². The molecule has 1 saturated heterocycles. The van der Waals surface area contributed by atoms with E-state index in [1.54, 1.807) is 0 Å². The number of likely N-dealkylation sites (tertiary alicyclic amines) is 1. The summed E-state index contributed by atoms with van der Waals surface area (Å²) in [5.74, 6) is 0.959. The third-order valence-electron chi connectivity index (χ3n) is 3.12. The van der Waals surface area contributed by atoms with E-state index in [4.69, 9.17) is 0 Å². The summed E-state index contributed by atoms with van der Waals surface area (Å²) < 4.78 is 0. The lowest BCUT2D eigenvalue weighted by atomic mass is 9.95. The van der Waals surface area contributed by atoms with Crippen molar-refractivity contribution in [2.45, 2.75) is 58.9 Å². The molecule has 0 bridgehead atoms. The quantitative estimate of drug-likeness (QED) is 0.611. The lowest BCUT2D eigenvalue weighted by molar-refractivity contribution is 0.0522. The van der Waals surface area contributed by atoms with Gasteiger partial charge in [-0.05, 0) is 18.8 Å². The second kappa shape index (κ2) is 5.64. The normalized spacial score (nSPS) is 21.5. The lowest BCUT2D eigenvalue weighted by Crippen LogP contribution is -2.50. The van der Waals surface area contributed by atoms with Crippen molar-refractivity contribution in [3.8, 4) is 0 Å². The lowest BCUT2D eigenvalue weighted by Gasteiger charge is -2.43. The SMILES string of the molecule is CCCC[C@H](CCC)N1CC(C)C1. The zero-order valence-electron chi connectivity index (χ0n) is 9.55. The van der Waals surface area contributed by atoms with Crippen LogP contribution in [-0.2, 0) is 0 Å². The zero-order valence-corrected chi connectivity index (χ0v) is 9.55. The fourth-order valence-electron chi connectivity index (χ4n) is 2.33. The van der Waals surface area contributed by atoms with Gasteiger partial charge in [0.1, 0.15) is 0 Å². The van der Waals surface area contributed by atoms with E-state index in [-0.39, 0.29) is 0 Å². The number of rotatable bonds is 6. The predicted octanol–water partition coefficient (Wildman–Crippen LogP) is 3.30. The highest BCUT2D eigenvalue weighted by Gasteiger charge is 2.27. The molecule has 1 heterocycles. The highest BCUT2D eigenvalue weighted by Crippen LogP contribution is 2.23. The van der Waals surface area contributed by atoms with E-state index in [2.05, 4.69) is 25.7 Å². The Morgan fingerprint density at radius 3 is 2.31 bits per heavy atom. The monoisotopic (exact) mass is 183 g/mol. The molecule has 1 aliphatic rings. The number of hydrogen-bond donors (Lipinski definition) is 0. The molecule has 0 aromatic carbocycles. The molecule has 0 N–H and O–H groups in total. The second-order valence-corrected chi connectivity index (χ2v) is 4.64. The summed E-state index contributed by atoms with van der Waals surface area (Å²) in [4.78, 5) is 2.68. The Balaban J connectivity index is 2.21. The largest absolute Gasteiger partial charge is 0.300 e. The Morgan fingerprint density at radius 2 is 1.85 bits per heavy atom. The zero-order chi connectivity index (χ0) is 9.68. The highest BCUT2D eigenvalue weighted by molar-refractivity contribution is 4.82. The van der Waals surface area contributed by atoms with Crippen LogP contribution in [0.25, 0.3) is 0 Å². The summed E-state index contributed by atoms with van der Waals surface area (Å²) in [5.41, 5.74) is 0. The van der Waals surface area contributed by atoms with E-state index >= 15 is 0 Å². The molecule has 0 radical (unpaired) electrons. The van der Waals surface area contributed by atoms with Gasteiger partial charge in [0.15, 0.2) is 0 Å². The van der Waals surface area contributed by atoms with Crippen molar-refractivity contribution in [3.05, 3.63) is 0 Å². The Bertz CT molecular complexity index is 127. The molecule has 0 amide bonds. The maximum Gasteiger partial charge on any atom is 0.00954 e. The van der Waals surface area contributed by atoms with Crippen molar-refractivity contribution < 1.29 is 0 Å². The smallest absolute Gasteiger partial charge is 0.00954 e. The Labute approximate surface area is 83.5 Å². The first-order valence-electron chi connectivity index (χ1n) is 6.02. The molecule has 0 spiro atoms. The average Bonchev–Trinajstić information content (AvgIpc) is 2.07. The molecule has 78 valence electrons. The topological polar surface area (TPSA) is 3.24 Å². The molecule has 13 heavy (non-hydrogen) atoms. The van der Waals surface area contributed by atoms with Crippen molar-refractivity contribution >= 4 is 0 Å². The summed E-state index contributed by atoms with van der Waals surface area (Å²) in [6, 6.07) is 0.904. The van der Waals surface area contributed by atoms with Gasteiger partial charge in [0.2, 0.25) is 0 Å². The molecule has 0 aromatic heterocycles. The molecule has 1 fully saturated rings. The minimum atomic E-state index is 0.904. The Hall–Kier alpha value is -0.0400. The standard InChI is InChI=1S/C12H25N/c1-4-6-8-12(7-5-2)13-9-11(3)10-13/h11-12H,4-10H2,1-3H3/t12-/m0/s1. The minimum absolute atomic E-state index is 0.904. The van der Waals surface area contributed by atoms with Crippen LogP contribution in [-0.4, -0.2) is 24.0 Å². The molecule has 1 aliphatic heterocycles. The Morgan fingerprint density at radius 1 is 1.15 bits per heavy atom. The van der Waals surface area contributed by atoms with Crippen LogP contribution in [0.2, 0.25) is 0 Å². The van der Waals surface area contributed by atoms with Gasteiger partial charge in [0.05, 0.1) is 0 Å². The molecule has 1 nitrogen and oxygen atoms in total. The van der Waals surface area contributed by atoms with Gasteiger partial charge in [-0.2, -0.15) is 0 Å². The van der Waals surface area contributed by atoms with Crippen LogP contribution in [0.4, 0.5) is 0 Å². The third kappa shape index (κ3) is 3.30. The molecule has 0 aliphatic carbocycles. The van der Waals surface area contributed by atoms with Crippen LogP contribution >= 0.6 is 0 Å². The molecular weight excluding hydrogens is 158 g/mol. The number of nitrogens with zero attached hydrogens (tertiary/aromatic N) is 1. The Kier molecular flexibility index (Phi) is 4.79. The average molecular weight is 183 g/mol. The van der Waals surface area contributed by atoms with Crippen molar-refractivity contribution in [1.82, 2.24) is 4.90 Å². The molecule has 0 saturated carbocycles. The van der Waals surface area contributed by atoms with Crippen LogP contribution in [0.1, 0.15) is 52.9 Å². The van der Waals surface area contributed by atoms with E-state index < -0.39 is 0 Å². The van der Waals surface area contributed by atoms with Crippen LogP contribution in [0, 0.1) is 5.92 Å². The summed E-state index contributed by atoms with van der Waals surface area (Å²) >= 11 is 0. The van der Waals surface area contributed by atoms with E-state index in [0.717, 1.165) is 12.0 Å². The summed E-state index contributed by atoms with van der Waals surface area (Å²) in [5, 5.41) is 0. The van der Waals surface area contributed by atoms with Gasteiger partial charge in [-0.15, -0.1) is 0 Å². The number of unbranched alkanes of at least 4 members (excludes halogenated alkanes) is 1. The molecule has 1 atom stereocenters. The van der Waals surface area contributed by atoms with Crippen LogP contribution in [0.15, 0.2) is 0 Å². The summed E-state index contributed by atoms with van der Waals surface area (Å²) in [7, 11) is 0. The van der Waals surface area contributed by atoms with Gasteiger partial charge in [-0.25, -0.2) is 0 Å². The van der Waals surface area contributed by atoms with Gasteiger partial charge in [0, 0.05) is 19.1 Å². The summed E-state index contributed by atoms with van der Waals surface area (Å²) in [6.45, 7) is 9.67. The first kappa shape index (κ1) is 11.0. The number of hydrogen-bond acceptors (Lipinski definition) is 1. The first-order chi connectivity index (χ1) is 6.27. The molecular formula is C12H25N. The van der Waals surface area contributed by atoms with Crippen LogP contribution in [0.5, 0.6) is 0 Å². The van der Waals surface area contributed by atoms with Gasteiger partial charge in [-0.1, -0.05) is 40.0 Å². The fraction of sp³-hybridized carbons (Fsp3) is 1.00. The van der Waals surface area contributed by atoms with E-state index in [0.29, 0.717) is 0 Å². The molecule has 1 rings (SSSR count). The highest BCUT2D eigenvalue weighted by atomic mass is 15.2. The molecule has 1 heteroatoms. The van der Waals surface area contributed by atoms with E-state index in [9.17, 15) is 0 Å². The maximum absolute atomic E-state index is 2.68. The molecule has 0 aromatic rings. The predicted molar refractivity (Wildman–Crippen MR) is 59.0 cm³/mol. The van der Waals surface area contributed by atoms with E-state index in [1.807, 2.05) is 0 Å². The van der Waals surface area contributed by atoms with Gasteiger partial charge in [0.25, 0.3) is 0 Å². The van der Waals surface area contributed by atoms with Gasteiger partial charge >= 0.3 is 0 Å². The van der Waals surface area contributed by atoms with Crippen molar-refractivity contribution in [2.75, 3.05) is 13.1 Å². The minimum Gasteiger partial charge on any atom is -0.300 e. The van der Waals surface area contributed by atoms with Crippen molar-refractivity contribution in [1.29, 1.82) is 0 Å². The van der Waals surface area contributed by atoms with Crippen molar-refractivity contribution in [2.24, 2.45) is 5.92 Å². The van der Waals surface area contributed by atoms with Crippen LogP contribution in [0.3, 0.4) is 0 Å². The summed E-state index contributed by atoms with van der Waals surface area (Å²) in [6.07, 6.45) is 6.95. The maximum atomic E-state index is 2.68. The fourth-order valence-corrected chi connectivity index (χ4v) is 2.33. The molecule has 0 unspecified atom stereocenters. The first-order valence-corrected chi connectivity index (χ1v) is 6.02. The van der Waals surface area contributed by atoms with Gasteiger partial charge in [-0.3, -0.25) is 4.90 Å². The van der Waals surface area contributed by atoms with E-state index in [1.165, 1.54) is 45.2 Å². The second-order valence-electron chi connectivity index (χ2n) is 4.64. The third-order valence-corrected chi connectivity index (χ3v) is 3.12. The van der Waals surface area contributed by atoms with Gasteiger partial charge < -0.3 is 0 Å².